The van der Waals surface area contributed by atoms with E-state index in [9.17, 15) is 9.59 Å². The van der Waals surface area contributed by atoms with Gasteiger partial charge in [0.1, 0.15) is 6.29 Å². The Kier molecular flexibility index (Phi) is 4.86. The topological polar surface area (TPSA) is 37.4 Å². The molecule has 1 aliphatic heterocycles. The van der Waals surface area contributed by atoms with Crippen molar-refractivity contribution >= 4 is 12.2 Å². The number of carbonyl (C=O) groups excluding carboxylic acids is 2. The zero-order valence-corrected chi connectivity index (χ0v) is 13.2. The number of nitrogens with zero attached hydrogens (tertiary/aromatic N) is 1. The fraction of sp³-hybridized carbons (Fsp3) is 0.300. The highest BCUT2D eigenvalue weighted by Gasteiger charge is 2.26. The smallest absolute Gasteiger partial charge is 0.254 e. The number of unbranched alkanes of at least 4 members (excludes halogenated alkanes) is 3. The molecule has 23 heavy (non-hydrogen) atoms. The largest absolute Gasteiger partial charge is 0.334 e. The summed E-state index contributed by atoms with van der Waals surface area (Å²) in [5.74, 6) is 0.134. The van der Waals surface area contributed by atoms with Gasteiger partial charge in [0.15, 0.2) is 0 Å². The average molecular weight is 307 g/mol. The molecule has 0 aromatic heterocycles. The molecule has 3 heteroatoms. The van der Waals surface area contributed by atoms with Gasteiger partial charge in [0, 0.05) is 25.1 Å². The SMILES string of the molecule is O=CCCCCCN1Cc2cc(-c3ccccc3)ccc2C1=O. The molecule has 0 atom stereocenters. The normalized spacial score (nSPS) is 13.2. The van der Waals surface area contributed by atoms with Crippen LogP contribution < -0.4 is 0 Å². The Labute approximate surface area is 136 Å². The van der Waals surface area contributed by atoms with Gasteiger partial charge in [-0.1, -0.05) is 42.8 Å². The van der Waals surface area contributed by atoms with Crippen molar-refractivity contribution in [3.63, 3.8) is 0 Å². The maximum atomic E-state index is 12.4. The number of aldehydes is 1. The van der Waals surface area contributed by atoms with E-state index >= 15 is 0 Å². The maximum Gasteiger partial charge on any atom is 0.254 e. The first kappa shape index (κ1) is 15.5. The Hall–Kier alpha value is -2.42. The van der Waals surface area contributed by atoms with Gasteiger partial charge in [0.25, 0.3) is 5.91 Å². The lowest BCUT2D eigenvalue weighted by Gasteiger charge is -2.14. The zero-order valence-electron chi connectivity index (χ0n) is 13.2. The van der Waals surface area contributed by atoms with Crippen molar-refractivity contribution in [1.82, 2.24) is 4.90 Å². The van der Waals surface area contributed by atoms with Crippen molar-refractivity contribution in [3.8, 4) is 11.1 Å². The number of amides is 1. The maximum absolute atomic E-state index is 12.4. The number of rotatable bonds is 7. The molecule has 0 saturated carbocycles. The van der Waals surface area contributed by atoms with Crippen LogP contribution in [0.5, 0.6) is 0 Å². The van der Waals surface area contributed by atoms with Crippen LogP contribution in [-0.4, -0.2) is 23.6 Å². The summed E-state index contributed by atoms with van der Waals surface area (Å²) in [5.41, 5.74) is 4.28. The first-order valence-corrected chi connectivity index (χ1v) is 8.21. The molecule has 0 aliphatic carbocycles. The number of hydrogen-bond donors (Lipinski definition) is 0. The molecule has 2 aromatic carbocycles. The van der Waals surface area contributed by atoms with Crippen LogP contribution in [0.25, 0.3) is 11.1 Å². The summed E-state index contributed by atoms with van der Waals surface area (Å²) in [4.78, 5) is 24.7. The minimum Gasteiger partial charge on any atom is -0.334 e. The summed E-state index contributed by atoms with van der Waals surface area (Å²) in [6.45, 7) is 1.47. The molecule has 0 N–H and O–H groups in total. The molecule has 0 fully saturated rings. The number of carbonyl (C=O) groups is 2. The Morgan fingerprint density at radius 2 is 1.78 bits per heavy atom. The minimum absolute atomic E-state index is 0.134. The Bertz CT molecular complexity index is 694. The van der Waals surface area contributed by atoms with Crippen LogP contribution in [0.15, 0.2) is 48.5 Å². The summed E-state index contributed by atoms with van der Waals surface area (Å²) in [6.07, 6.45) is 4.44. The van der Waals surface area contributed by atoms with Gasteiger partial charge in [-0.25, -0.2) is 0 Å². The fourth-order valence-corrected chi connectivity index (χ4v) is 3.08. The summed E-state index contributed by atoms with van der Waals surface area (Å²) >= 11 is 0. The molecular weight excluding hydrogens is 286 g/mol. The molecule has 1 heterocycles. The van der Waals surface area contributed by atoms with Crippen molar-refractivity contribution < 1.29 is 9.59 Å². The van der Waals surface area contributed by atoms with E-state index in [2.05, 4.69) is 18.2 Å². The third kappa shape index (κ3) is 3.50. The molecule has 0 bridgehead atoms. The highest BCUT2D eigenvalue weighted by atomic mass is 16.2. The first-order valence-electron chi connectivity index (χ1n) is 8.21. The van der Waals surface area contributed by atoms with Crippen LogP contribution in [0.3, 0.4) is 0 Å². The van der Waals surface area contributed by atoms with E-state index < -0.39 is 0 Å². The lowest BCUT2D eigenvalue weighted by atomic mass is 10.0. The van der Waals surface area contributed by atoms with Crippen LogP contribution >= 0.6 is 0 Å². The molecule has 0 spiro atoms. The lowest BCUT2D eigenvalue weighted by molar-refractivity contribution is -0.107. The van der Waals surface area contributed by atoms with Crippen molar-refractivity contribution in [1.29, 1.82) is 0 Å². The van der Waals surface area contributed by atoms with Crippen LogP contribution in [0.4, 0.5) is 0 Å². The van der Waals surface area contributed by atoms with Gasteiger partial charge in [0.2, 0.25) is 0 Å². The third-order valence-corrected chi connectivity index (χ3v) is 4.34. The predicted octanol–water partition coefficient (Wildman–Crippen LogP) is 4.07. The van der Waals surface area contributed by atoms with Gasteiger partial charge < -0.3 is 9.69 Å². The fourth-order valence-electron chi connectivity index (χ4n) is 3.08. The number of benzene rings is 2. The van der Waals surface area contributed by atoms with E-state index in [4.69, 9.17) is 0 Å². The molecule has 0 radical (unpaired) electrons. The van der Waals surface area contributed by atoms with Crippen molar-refractivity contribution in [3.05, 3.63) is 59.7 Å². The van der Waals surface area contributed by atoms with E-state index in [-0.39, 0.29) is 5.91 Å². The van der Waals surface area contributed by atoms with E-state index in [0.717, 1.165) is 48.8 Å². The second-order valence-electron chi connectivity index (χ2n) is 5.98. The molecule has 3 nitrogen and oxygen atoms in total. The van der Waals surface area contributed by atoms with Crippen molar-refractivity contribution in [2.45, 2.75) is 32.2 Å². The van der Waals surface area contributed by atoms with E-state index in [0.29, 0.717) is 13.0 Å². The Balaban J connectivity index is 1.66. The van der Waals surface area contributed by atoms with Gasteiger partial charge in [-0.2, -0.15) is 0 Å². The molecule has 1 aliphatic rings. The first-order chi connectivity index (χ1) is 11.3. The molecule has 0 unspecified atom stereocenters. The second kappa shape index (κ2) is 7.23. The van der Waals surface area contributed by atoms with Gasteiger partial charge in [-0.15, -0.1) is 0 Å². The summed E-state index contributed by atoms with van der Waals surface area (Å²) < 4.78 is 0. The molecular formula is C20H21NO2. The molecule has 1 amide bonds. The zero-order chi connectivity index (χ0) is 16.1. The van der Waals surface area contributed by atoms with Crippen molar-refractivity contribution in [2.24, 2.45) is 0 Å². The standard InChI is InChI=1S/C20H21NO2/c22-13-7-2-1-6-12-21-15-18-14-17(10-11-19(18)20(21)23)16-8-4-3-5-9-16/h3-5,8-11,13-14H,1-2,6-7,12,15H2. The van der Waals surface area contributed by atoms with Gasteiger partial charge in [-0.3, -0.25) is 4.79 Å². The quantitative estimate of drug-likeness (QED) is 0.571. The van der Waals surface area contributed by atoms with Gasteiger partial charge in [0.05, 0.1) is 0 Å². The van der Waals surface area contributed by atoms with Crippen LogP contribution in [-0.2, 0) is 11.3 Å². The summed E-state index contributed by atoms with van der Waals surface area (Å²) in [5, 5.41) is 0. The lowest BCUT2D eigenvalue weighted by Crippen LogP contribution is -2.24. The van der Waals surface area contributed by atoms with Gasteiger partial charge >= 0.3 is 0 Å². The summed E-state index contributed by atoms with van der Waals surface area (Å²) in [6, 6.07) is 16.3. The third-order valence-electron chi connectivity index (χ3n) is 4.34. The number of fused-ring (bicyclic) bond motifs is 1. The minimum atomic E-state index is 0.134. The van der Waals surface area contributed by atoms with E-state index in [1.165, 1.54) is 5.56 Å². The number of hydrogen-bond acceptors (Lipinski definition) is 2. The molecule has 2 aromatic rings. The van der Waals surface area contributed by atoms with Crippen LogP contribution in [0, 0.1) is 0 Å². The predicted molar refractivity (Wildman–Crippen MR) is 91.2 cm³/mol. The monoisotopic (exact) mass is 307 g/mol. The van der Waals surface area contributed by atoms with Crippen LogP contribution in [0.2, 0.25) is 0 Å². The van der Waals surface area contributed by atoms with Gasteiger partial charge in [-0.05, 0) is 41.7 Å². The molecule has 3 rings (SSSR count). The molecule has 0 saturated heterocycles. The van der Waals surface area contributed by atoms with E-state index in [1.807, 2.05) is 35.2 Å². The van der Waals surface area contributed by atoms with Crippen LogP contribution in [0.1, 0.15) is 41.6 Å². The van der Waals surface area contributed by atoms with E-state index in [1.54, 1.807) is 0 Å². The Morgan fingerprint density at radius 3 is 2.57 bits per heavy atom. The molecule has 118 valence electrons. The van der Waals surface area contributed by atoms with Crippen molar-refractivity contribution in [2.75, 3.05) is 6.54 Å². The highest BCUT2D eigenvalue weighted by molar-refractivity contribution is 5.99. The Morgan fingerprint density at radius 1 is 0.957 bits per heavy atom. The second-order valence-corrected chi connectivity index (χ2v) is 5.98. The summed E-state index contributed by atoms with van der Waals surface area (Å²) in [7, 11) is 0. The average Bonchev–Trinajstić information content (AvgIpc) is 2.91. The highest BCUT2D eigenvalue weighted by Crippen LogP contribution is 2.28.